The Morgan fingerprint density at radius 1 is 0.342 bits per heavy atom. The summed E-state index contributed by atoms with van der Waals surface area (Å²) in [7, 11) is 2.03. The van der Waals surface area contributed by atoms with Gasteiger partial charge < -0.3 is 19.8 Å². The number of aromatic nitrogens is 2. The third-order valence-electron chi connectivity index (χ3n) is 13.4. The fourth-order valence-electron chi connectivity index (χ4n) is 9.74. The molecular weight excluding hydrogens is 1060 g/mol. The third-order valence-corrected chi connectivity index (χ3v) is 13.4. The van der Waals surface area contributed by atoms with Crippen molar-refractivity contribution < 1.29 is 20.1 Å². The molecule has 0 amide bonds. The van der Waals surface area contributed by atoms with Crippen molar-refractivity contribution in [2.24, 2.45) is 0 Å². The van der Waals surface area contributed by atoms with E-state index in [1.54, 1.807) is 0 Å². The number of nitrogens with zero attached hydrogens (tertiary/aromatic N) is 4. The first-order valence-corrected chi connectivity index (χ1v) is 24.2. The van der Waals surface area contributed by atoms with Crippen LogP contribution in [0.3, 0.4) is 0 Å². The predicted molar refractivity (Wildman–Crippen MR) is 297 cm³/mol. The molecule has 0 N–H and O–H groups in total. The molecule has 11 aromatic rings. The molecule has 0 aliphatic carbocycles. The molecule has 1 radical (unpaired) electrons. The molecule has 12 rings (SSSR count). The quantitative estimate of drug-likeness (QED) is 0.121. The summed E-state index contributed by atoms with van der Waals surface area (Å²) in [5, 5.41) is 0. The molecule has 0 bridgehead atoms. The fourth-order valence-corrected chi connectivity index (χ4v) is 9.74. The van der Waals surface area contributed by atoms with Crippen molar-refractivity contribution in [2.75, 3.05) is 11.9 Å². The van der Waals surface area contributed by atoms with E-state index in [9.17, 15) is 0 Å². The minimum atomic E-state index is 0. The van der Waals surface area contributed by atoms with E-state index >= 15 is 0 Å². The molecule has 5 heteroatoms. The Morgan fingerprint density at radius 3 is 1.33 bits per heavy atom. The van der Waals surface area contributed by atoms with Gasteiger partial charge in [-0.05, 0) is 111 Å². The van der Waals surface area contributed by atoms with E-state index < -0.39 is 0 Å². The summed E-state index contributed by atoms with van der Waals surface area (Å²) in [4.78, 5) is 13.4. The summed E-state index contributed by atoms with van der Waals surface area (Å²) >= 11 is 0. The van der Waals surface area contributed by atoms with Gasteiger partial charge in [-0.1, -0.05) is 185 Å². The van der Waals surface area contributed by atoms with Gasteiger partial charge >= 0.3 is 0 Å². The second kappa shape index (κ2) is 20.9. The molecule has 3 heterocycles. The number of benzene rings is 9. The first-order valence-electron chi connectivity index (χ1n) is 24.2. The van der Waals surface area contributed by atoms with Crippen LogP contribution < -0.4 is 4.90 Å². The van der Waals surface area contributed by atoms with Gasteiger partial charge in [-0.25, -0.2) is 0 Å². The second-order valence-corrected chi connectivity index (χ2v) is 17.9. The first kappa shape index (κ1) is 46.6. The minimum Gasteiger partial charge on any atom is -0.510 e. The van der Waals surface area contributed by atoms with Gasteiger partial charge in [0, 0.05) is 32.5 Å². The van der Waals surface area contributed by atoms with Gasteiger partial charge in [0.2, 0.25) is 0 Å². The number of rotatable bonds is 11. The monoisotopic (exact) mass is 1110 g/mol. The van der Waals surface area contributed by atoms with Gasteiger partial charge in [0.1, 0.15) is 0 Å². The van der Waals surface area contributed by atoms with Gasteiger partial charge in [-0.2, -0.15) is 24.9 Å². The van der Waals surface area contributed by atoms with Crippen LogP contribution in [0, 0.1) is 24.9 Å². The number of hydrogen-bond donors (Lipinski definition) is 0. The summed E-state index contributed by atoms with van der Waals surface area (Å²) in [6.07, 6.45) is 7.75. The average molecular weight is 1110 g/mol. The predicted octanol–water partition coefficient (Wildman–Crippen LogP) is 16.9. The van der Waals surface area contributed by atoms with Crippen LogP contribution in [0.25, 0.3) is 112 Å². The third kappa shape index (κ3) is 9.73. The number of hydrogen-bond acceptors (Lipinski definition) is 4. The maximum absolute atomic E-state index is 4.74. The van der Waals surface area contributed by atoms with Crippen LogP contribution in [-0.2, 0) is 20.1 Å². The van der Waals surface area contributed by atoms with Crippen molar-refractivity contribution >= 4 is 5.69 Å². The van der Waals surface area contributed by atoms with Crippen LogP contribution in [0.2, 0.25) is 0 Å². The van der Waals surface area contributed by atoms with E-state index in [1.807, 2.05) is 79.8 Å². The van der Waals surface area contributed by atoms with Crippen molar-refractivity contribution in [2.45, 2.75) is 0 Å². The molecule has 1 aliphatic rings. The Kier molecular flexibility index (Phi) is 13.4. The zero-order chi connectivity index (χ0) is 48.2. The van der Waals surface area contributed by atoms with Crippen LogP contribution in [0.5, 0.6) is 0 Å². The summed E-state index contributed by atoms with van der Waals surface area (Å²) < 4.78 is 0. The zero-order valence-electron chi connectivity index (χ0n) is 39.9. The summed E-state index contributed by atoms with van der Waals surface area (Å²) in [5.41, 5.74) is 22.5. The van der Waals surface area contributed by atoms with Crippen LogP contribution >= 0.6 is 0 Å². The normalized spacial score (nSPS) is 11.9. The molecule has 0 atom stereocenters. The molecule has 351 valence electrons. The van der Waals surface area contributed by atoms with E-state index in [-0.39, 0.29) is 20.1 Å². The number of pyridine rings is 2. The van der Waals surface area contributed by atoms with E-state index in [2.05, 4.69) is 222 Å². The molecular formula is C68H46IrN4-4. The molecule has 0 saturated carbocycles. The van der Waals surface area contributed by atoms with Crippen molar-refractivity contribution in [3.8, 4) is 112 Å². The molecule has 73 heavy (non-hydrogen) atoms. The molecule has 0 fully saturated rings. The molecule has 9 aromatic carbocycles. The molecule has 1 aliphatic heterocycles. The topological polar surface area (TPSA) is 32.3 Å². The maximum Gasteiger partial charge on any atom is 0.0160 e. The fraction of sp³-hybridized carbons (Fsp3) is 0.0147. The van der Waals surface area contributed by atoms with E-state index in [4.69, 9.17) is 4.98 Å². The smallest absolute Gasteiger partial charge is 0.0160 e. The van der Waals surface area contributed by atoms with Gasteiger partial charge in [-0.3, -0.25) is 0 Å². The first-order chi connectivity index (χ1) is 35.6. The Hall–Kier alpha value is -8.73. The Balaban J connectivity index is 0.00000574. The summed E-state index contributed by atoms with van der Waals surface area (Å²) in [6, 6.07) is 92.7. The Labute approximate surface area is 441 Å². The molecule has 0 spiro atoms. The Bertz CT molecular complexity index is 3710. The van der Waals surface area contributed by atoms with Crippen LogP contribution in [0.15, 0.2) is 255 Å². The van der Waals surface area contributed by atoms with E-state index in [0.717, 1.165) is 106 Å². The van der Waals surface area contributed by atoms with Crippen LogP contribution in [0.1, 0.15) is 0 Å². The molecule has 0 saturated heterocycles. The minimum absolute atomic E-state index is 0. The van der Waals surface area contributed by atoms with E-state index in [1.165, 1.54) is 11.1 Å². The van der Waals surface area contributed by atoms with Gasteiger partial charge in [0.25, 0.3) is 0 Å². The van der Waals surface area contributed by atoms with Gasteiger partial charge in [-0.15, -0.1) is 70.9 Å². The van der Waals surface area contributed by atoms with Crippen LogP contribution in [-0.4, -0.2) is 21.9 Å². The molecule has 2 aromatic heterocycles. The van der Waals surface area contributed by atoms with Crippen LogP contribution in [0.4, 0.5) is 5.69 Å². The van der Waals surface area contributed by atoms with Crippen molar-refractivity contribution in [3.05, 3.63) is 280 Å². The average Bonchev–Trinajstić information content (AvgIpc) is 3.91. The van der Waals surface area contributed by atoms with Crippen molar-refractivity contribution in [3.63, 3.8) is 0 Å². The van der Waals surface area contributed by atoms with Gasteiger partial charge in [0.05, 0.1) is 0 Å². The van der Waals surface area contributed by atoms with Crippen molar-refractivity contribution in [1.82, 2.24) is 14.9 Å². The summed E-state index contributed by atoms with van der Waals surface area (Å²) in [5.74, 6) is 0. The summed E-state index contributed by atoms with van der Waals surface area (Å²) in [6.45, 7) is 2.05. The Morgan fingerprint density at radius 2 is 0.808 bits per heavy atom. The zero-order valence-corrected chi connectivity index (χ0v) is 42.3. The number of anilines is 1. The molecule has 4 nitrogen and oxygen atoms in total. The standard InChI is InChI=1S/C68H46N4.Ir/c1-71-41-42-72(47-71)58-36-33-51(34-37-58)60-18-6-8-20-62(60)56-43-55(61-19-7-5-17-59(61)50-29-31-53(32-30-50)67-23-11-13-39-69-67)44-57(45-56)63-21-9-10-22-64(63)65-38-35-54(68-24-12-14-40-70-68)46-66(65)52-27-25-49(26-28-52)48-15-3-2-4-16-48;/h2-31,33-34,36,38-47H,1H3;/q-4;. The van der Waals surface area contributed by atoms with E-state index in [0.29, 0.717) is 0 Å². The molecule has 0 unspecified atom stereocenters. The second-order valence-electron chi connectivity index (χ2n) is 17.9. The van der Waals surface area contributed by atoms with Crippen molar-refractivity contribution in [1.29, 1.82) is 0 Å². The van der Waals surface area contributed by atoms with Gasteiger partial charge in [0.15, 0.2) is 0 Å². The maximum atomic E-state index is 4.74. The largest absolute Gasteiger partial charge is 0.510 e. The SMILES string of the molecule is CN1C=CN(c2[c-]cc(-c3ccccc3-c3cc(-c4ccccc4-c4c[c-]c(-c5ccccn5)cc4)cc(-c4ccccc4-c4c[c-]c(-c5ccccn5)cc4-c4ccc(-c5ccccc5)cc4)c3)cc2)[CH-]1.[Ir].